The van der Waals surface area contributed by atoms with Crippen LogP contribution in [0.3, 0.4) is 0 Å². The van der Waals surface area contributed by atoms with Crippen LogP contribution in [0.15, 0.2) is 51.8 Å². The third-order valence-corrected chi connectivity index (χ3v) is 7.86. The lowest BCUT2D eigenvalue weighted by molar-refractivity contribution is 0.288. The average Bonchev–Trinajstić information content (AvgIpc) is 3.18. The van der Waals surface area contributed by atoms with E-state index in [4.69, 9.17) is 4.42 Å². The van der Waals surface area contributed by atoms with Gasteiger partial charge in [0.25, 0.3) is 0 Å². The van der Waals surface area contributed by atoms with Gasteiger partial charge < -0.3 is 4.42 Å². The van der Waals surface area contributed by atoms with Crippen LogP contribution in [0.2, 0.25) is 0 Å². The quantitative estimate of drug-likeness (QED) is 0.663. The highest BCUT2D eigenvalue weighted by molar-refractivity contribution is 7.89. The maximum absolute atomic E-state index is 13.3. The molecule has 28 heavy (non-hydrogen) atoms. The number of sulfonamides is 1. The number of aromatic nitrogens is 1. The maximum Gasteiger partial charge on any atom is 0.243 e. The SMILES string of the molecule is O=S(=O)(c1ccc2c(c1)CCCC2)N1CCCC(c2nc3ccccc3o2)C1. The summed E-state index contributed by atoms with van der Waals surface area (Å²) in [5.41, 5.74) is 4.08. The average molecular weight is 397 g/mol. The molecular formula is C22H24N2O3S. The lowest BCUT2D eigenvalue weighted by atomic mass is 9.92. The van der Waals surface area contributed by atoms with Crippen LogP contribution in [0.25, 0.3) is 11.1 Å². The number of hydrogen-bond acceptors (Lipinski definition) is 4. The molecule has 1 aliphatic carbocycles. The third kappa shape index (κ3) is 3.14. The first-order chi connectivity index (χ1) is 13.6. The molecule has 1 atom stereocenters. The minimum atomic E-state index is -3.50. The Balaban J connectivity index is 1.42. The van der Waals surface area contributed by atoms with Crippen LogP contribution in [0.5, 0.6) is 0 Å². The normalized spacial score (nSPS) is 20.9. The number of piperidine rings is 1. The zero-order valence-electron chi connectivity index (χ0n) is 15.8. The number of aryl methyl sites for hydroxylation is 2. The number of hydrogen-bond donors (Lipinski definition) is 0. The minimum Gasteiger partial charge on any atom is -0.440 e. The minimum absolute atomic E-state index is 0.00597. The first kappa shape index (κ1) is 17.9. The summed E-state index contributed by atoms with van der Waals surface area (Å²) < 4.78 is 34.1. The maximum atomic E-state index is 13.3. The second-order valence-corrected chi connectivity index (χ2v) is 9.80. The van der Waals surface area contributed by atoms with Crippen molar-refractivity contribution in [2.45, 2.75) is 49.3 Å². The Morgan fingerprint density at radius 3 is 2.68 bits per heavy atom. The molecule has 1 aromatic heterocycles. The molecule has 1 saturated heterocycles. The topological polar surface area (TPSA) is 63.4 Å². The molecular weight excluding hydrogens is 372 g/mol. The van der Waals surface area contributed by atoms with Crippen molar-refractivity contribution in [1.29, 1.82) is 0 Å². The smallest absolute Gasteiger partial charge is 0.243 e. The summed E-state index contributed by atoms with van der Waals surface area (Å²) in [5, 5.41) is 0. The van der Waals surface area contributed by atoms with Crippen molar-refractivity contribution in [3.05, 3.63) is 59.5 Å². The molecule has 2 aromatic carbocycles. The molecule has 6 heteroatoms. The molecule has 146 valence electrons. The fourth-order valence-corrected chi connectivity index (χ4v) is 6.02. The van der Waals surface area contributed by atoms with E-state index in [1.807, 2.05) is 36.4 Å². The number of nitrogens with zero attached hydrogens (tertiary/aromatic N) is 2. The van der Waals surface area contributed by atoms with Gasteiger partial charge in [-0.05, 0) is 73.9 Å². The summed E-state index contributed by atoms with van der Waals surface area (Å²) >= 11 is 0. The Labute approximate surface area is 165 Å². The van der Waals surface area contributed by atoms with E-state index in [1.54, 1.807) is 10.4 Å². The van der Waals surface area contributed by atoms with E-state index in [0.717, 1.165) is 43.2 Å². The molecule has 1 fully saturated rings. The van der Waals surface area contributed by atoms with Gasteiger partial charge in [-0.2, -0.15) is 4.31 Å². The Bertz CT molecular complexity index is 1090. The molecule has 1 unspecified atom stereocenters. The van der Waals surface area contributed by atoms with Crippen molar-refractivity contribution >= 4 is 21.1 Å². The van der Waals surface area contributed by atoms with Crippen LogP contribution < -0.4 is 0 Å². The van der Waals surface area contributed by atoms with Crippen LogP contribution in [0, 0.1) is 0 Å². The van der Waals surface area contributed by atoms with Gasteiger partial charge in [0, 0.05) is 19.0 Å². The Hall–Kier alpha value is -2.18. The fraction of sp³-hybridized carbons (Fsp3) is 0.409. The lowest BCUT2D eigenvalue weighted by Crippen LogP contribution is -2.39. The van der Waals surface area contributed by atoms with E-state index in [1.165, 1.54) is 17.5 Å². The van der Waals surface area contributed by atoms with Crippen LogP contribution >= 0.6 is 0 Å². The molecule has 0 radical (unpaired) electrons. The molecule has 5 rings (SSSR count). The van der Waals surface area contributed by atoms with Crippen molar-refractivity contribution < 1.29 is 12.8 Å². The Morgan fingerprint density at radius 1 is 1.00 bits per heavy atom. The molecule has 2 heterocycles. The van der Waals surface area contributed by atoms with Crippen LogP contribution in [-0.4, -0.2) is 30.8 Å². The summed E-state index contributed by atoms with van der Waals surface area (Å²) in [7, 11) is -3.50. The van der Waals surface area contributed by atoms with Gasteiger partial charge in [0.2, 0.25) is 10.0 Å². The highest BCUT2D eigenvalue weighted by atomic mass is 32.2. The van der Waals surface area contributed by atoms with Crippen molar-refractivity contribution in [3.63, 3.8) is 0 Å². The molecule has 0 amide bonds. The van der Waals surface area contributed by atoms with Gasteiger partial charge in [0.1, 0.15) is 5.52 Å². The summed E-state index contributed by atoms with van der Waals surface area (Å²) in [6, 6.07) is 13.4. The molecule has 2 aliphatic rings. The standard InChI is InChI=1S/C22H24N2O3S/c25-28(26,19-12-11-16-6-1-2-7-17(16)14-19)24-13-5-8-18(15-24)22-23-20-9-3-4-10-21(20)27-22/h3-4,9-12,14,18H,1-2,5-8,13,15H2. The highest BCUT2D eigenvalue weighted by Crippen LogP contribution is 2.32. The molecule has 0 bridgehead atoms. The predicted molar refractivity (Wildman–Crippen MR) is 108 cm³/mol. The molecule has 3 aromatic rings. The van der Waals surface area contributed by atoms with Gasteiger partial charge >= 0.3 is 0 Å². The van der Waals surface area contributed by atoms with Crippen molar-refractivity contribution in [1.82, 2.24) is 9.29 Å². The van der Waals surface area contributed by atoms with Crippen molar-refractivity contribution in [3.8, 4) is 0 Å². The van der Waals surface area contributed by atoms with Crippen LogP contribution in [0.1, 0.15) is 48.6 Å². The monoisotopic (exact) mass is 396 g/mol. The van der Waals surface area contributed by atoms with Gasteiger partial charge in [-0.25, -0.2) is 13.4 Å². The van der Waals surface area contributed by atoms with E-state index in [9.17, 15) is 8.42 Å². The van der Waals surface area contributed by atoms with Crippen LogP contribution in [-0.2, 0) is 22.9 Å². The van der Waals surface area contributed by atoms with Crippen molar-refractivity contribution in [2.24, 2.45) is 0 Å². The van der Waals surface area contributed by atoms with Crippen LogP contribution in [0.4, 0.5) is 0 Å². The van der Waals surface area contributed by atoms with E-state index in [-0.39, 0.29) is 5.92 Å². The summed E-state index contributed by atoms with van der Waals surface area (Å²) in [4.78, 5) is 5.02. The summed E-state index contributed by atoms with van der Waals surface area (Å²) in [6.45, 7) is 0.975. The highest BCUT2D eigenvalue weighted by Gasteiger charge is 2.33. The van der Waals surface area contributed by atoms with Gasteiger partial charge in [0.15, 0.2) is 11.5 Å². The largest absolute Gasteiger partial charge is 0.440 e. The van der Waals surface area contributed by atoms with Gasteiger partial charge in [-0.15, -0.1) is 0 Å². The first-order valence-corrected chi connectivity index (χ1v) is 11.5. The van der Waals surface area contributed by atoms with Gasteiger partial charge in [0.05, 0.1) is 4.90 Å². The first-order valence-electron chi connectivity index (χ1n) is 10.1. The zero-order chi connectivity index (χ0) is 19.1. The van der Waals surface area contributed by atoms with Gasteiger partial charge in [-0.3, -0.25) is 0 Å². The molecule has 0 saturated carbocycles. The van der Waals surface area contributed by atoms with Gasteiger partial charge in [-0.1, -0.05) is 18.2 Å². The molecule has 0 spiro atoms. The summed E-state index contributed by atoms with van der Waals surface area (Å²) in [5.74, 6) is 0.639. The number of oxazole rings is 1. The second kappa shape index (κ2) is 7.01. The number of rotatable bonds is 3. The second-order valence-electron chi connectivity index (χ2n) is 7.86. The number of fused-ring (bicyclic) bond motifs is 2. The van der Waals surface area contributed by atoms with Crippen molar-refractivity contribution in [2.75, 3.05) is 13.1 Å². The lowest BCUT2D eigenvalue weighted by Gasteiger charge is -2.30. The van der Waals surface area contributed by atoms with E-state index in [2.05, 4.69) is 4.98 Å². The van der Waals surface area contributed by atoms with E-state index < -0.39 is 10.0 Å². The number of para-hydroxylation sites is 2. The molecule has 1 aliphatic heterocycles. The fourth-order valence-electron chi connectivity index (χ4n) is 4.45. The Kier molecular flexibility index (Phi) is 4.48. The molecule has 5 nitrogen and oxygen atoms in total. The Morgan fingerprint density at radius 2 is 1.82 bits per heavy atom. The number of benzene rings is 2. The molecule has 0 N–H and O–H groups in total. The summed E-state index contributed by atoms with van der Waals surface area (Å²) in [6.07, 6.45) is 6.07. The third-order valence-electron chi connectivity index (χ3n) is 6.00. The predicted octanol–water partition coefficient (Wildman–Crippen LogP) is 4.27. The van der Waals surface area contributed by atoms with E-state index >= 15 is 0 Å². The zero-order valence-corrected chi connectivity index (χ0v) is 16.6. The van der Waals surface area contributed by atoms with E-state index in [0.29, 0.717) is 23.9 Å².